The third-order valence-corrected chi connectivity index (χ3v) is 4.37. The summed E-state index contributed by atoms with van der Waals surface area (Å²) >= 11 is 0. The van der Waals surface area contributed by atoms with Crippen LogP contribution in [0.25, 0.3) is 0 Å². The zero-order valence-electron chi connectivity index (χ0n) is 12.0. The molecule has 1 amide bonds. The fraction of sp³-hybridized carbons (Fsp3) is 0.857. The van der Waals surface area contributed by atoms with E-state index < -0.39 is 11.4 Å². The highest BCUT2D eigenvalue weighted by molar-refractivity contribution is 5.81. The highest BCUT2D eigenvalue weighted by atomic mass is 16.5. The number of rotatable bonds is 6. The summed E-state index contributed by atoms with van der Waals surface area (Å²) in [5.41, 5.74) is -0.798. The number of carboxylic acid groups (broad SMARTS) is 1. The van der Waals surface area contributed by atoms with Gasteiger partial charge in [0.15, 0.2) is 0 Å². The van der Waals surface area contributed by atoms with Crippen molar-refractivity contribution in [3.05, 3.63) is 0 Å². The lowest BCUT2D eigenvalue weighted by molar-refractivity contribution is -0.157. The fourth-order valence-electron chi connectivity index (χ4n) is 3.12. The molecule has 0 bridgehead atoms. The summed E-state index contributed by atoms with van der Waals surface area (Å²) in [6.45, 7) is 4.88. The van der Waals surface area contributed by atoms with E-state index in [9.17, 15) is 14.7 Å². The number of fused-ring (bicyclic) bond motifs is 1. The average molecular weight is 285 g/mol. The Balaban J connectivity index is 1.92. The number of carbonyl (C=O) groups is 2. The molecule has 0 aromatic carbocycles. The van der Waals surface area contributed by atoms with Crippen LogP contribution in [0.15, 0.2) is 0 Å². The molecule has 2 saturated heterocycles. The number of hydrogen-bond donors (Lipinski definition) is 1. The molecule has 6 nitrogen and oxygen atoms in total. The van der Waals surface area contributed by atoms with Crippen LogP contribution >= 0.6 is 0 Å². The Morgan fingerprint density at radius 3 is 2.95 bits per heavy atom. The predicted molar refractivity (Wildman–Crippen MR) is 71.3 cm³/mol. The van der Waals surface area contributed by atoms with Crippen LogP contribution < -0.4 is 0 Å². The van der Waals surface area contributed by atoms with Crippen molar-refractivity contribution >= 4 is 11.9 Å². The number of hydrogen-bond acceptors (Lipinski definition) is 4. The highest BCUT2D eigenvalue weighted by Gasteiger charge is 2.54. The van der Waals surface area contributed by atoms with Gasteiger partial charge in [0.25, 0.3) is 0 Å². The molecule has 2 aliphatic rings. The van der Waals surface area contributed by atoms with Crippen LogP contribution in [0.3, 0.4) is 0 Å². The second-order valence-corrected chi connectivity index (χ2v) is 5.56. The van der Waals surface area contributed by atoms with E-state index in [4.69, 9.17) is 9.47 Å². The van der Waals surface area contributed by atoms with Crippen molar-refractivity contribution < 1.29 is 24.2 Å². The maximum Gasteiger partial charge on any atom is 0.311 e. The summed E-state index contributed by atoms with van der Waals surface area (Å²) in [6.07, 6.45) is 1.60. The number of aliphatic carboxylic acids is 1. The van der Waals surface area contributed by atoms with Crippen LogP contribution in [-0.4, -0.2) is 61.4 Å². The third-order valence-electron chi connectivity index (χ3n) is 4.37. The van der Waals surface area contributed by atoms with Crippen molar-refractivity contribution in [1.29, 1.82) is 0 Å². The number of ether oxygens (including phenoxy) is 2. The first-order valence-corrected chi connectivity index (χ1v) is 7.27. The first-order chi connectivity index (χ1) is 9.60. The lowest BCUT2D eigenvalue weighted by Gasteiger charge is -2.33. The van der Waals surface area contributed by atoms with Gasteiger partial charge in [0.05, 0.1) is 12.0 Å². The highest BCUT2D eigenvalue weighted by Crippen LogP contribution is 2.42. The first-order valence-electron chi connectivity index (χ1n) is 7.27. The minimum Gasteiger partial charge on any atom is -0.481 e. The second kappa shape index (κ2) is 6.54. The molecule has 1 N–H and O–H groups in total. The molecule has 0 radical (unpaired) electrons. The molecule has 114 valence electrons. The Labute approximate surface area is 119 Å². The van der Waals surface area contributed by atoms with Gasteiger partial charge in [-0.3, -0.25) is 9.59 Å². The molecular formula is C14H23NO5. The van der Waals surface area contributed by atoms with Crippen LogP contribution in [0, 0.1) is 11.3 Å². The van der Waals surface area contributed by atoms with E-state index in [2.05, 4.69) is 0 Å². The topological polar surface area (TPSA) is 76.1 Å². The van der Waals surface area contributed by atoms with Gasteiger partial charge in [-0.15, -0.1) is 0 Å². The lowest BCUT2D eigenvalue weighted by Crippen LogP contribution is -2.45. The van der Waals surface area contributed by atoms with Crippen molar-refractivity contribution in [1.82, 2.24) is 4.90 Å². The van der Waals surface area contributed by atoms with Gasteiger partial charge in [0, 0.05) is 45.2 Å². The summed E-state index contributed by atoms with van der Waals surface area (Å²) in [5.74, 6) is -0.847. The molecule has 6 heteroatoms. The van der Waals surface area contributed by atoms with Crippen molar-refractivity contribution in [3.8, 4) is 0 Å². The van der Waals surface area contributed by atoms with Crippen molar-refractivity contribution in [2.24, 2.45) is 11.3 Å². The Morgan fingerprint density at radius 1 is 1.50 bits per heavy atom. The Hall–Kier alpha value is -1.14. The minimum absolute atomic E-state index is 0.0275. The molecular weight excluding hydrogens is 262 g/mol. The van der Waals surface area contributed by atoms with Gasteiger partial charge in [-0.25, -0.2) is 0 Å². The van der Waals surface area contributed by atoms with Crippen LogP contribution in [0.2, 0.25) is 0 Å². The van der Waals surface area contributed by atoms with E-state index in [0.29, 0.717) is 58.8 Å². The van der Waals surface area contributed by atoms with Crippen molar-refractivity contribution in [3.63, 3.8) is 0 Å². The average Bonchev–Trinajstić information content (AvgIpc) is 2.84. The molecule has 0 aromatic rings. The Morgan fingerprint density at radius 2 is 2.30 bits per heavy atom. The summed E-state index contributed by atoms with van der Waals surface area (Å²) in [6, 6.07) is 0. The first kappa shape index (κ1) is 15.3. The Kier molecular flexibility index (Phi) is 4.99. The quantitative estimate of drug-likeness (QED) is 0.729. The van der Waals surface area contributed by atoms with Gasteiger partial charge in [-0.1, -0.05) is 0 Å². The Bertz CT molecular complexity index is 373. The zero-order chi connectivity index (χ0) is 14.6. The van der Waals surface area contributed by atoms with Crippen LogP contribution in [0.1, 0.15) is 26.2 Å². The van der Waals surface area contributed by atoms with Crippen LogP contribution in [0.4, 0.5) is 0 Å². The van der Waals surface area contributed by atoms with Gasteiger partial charge in [0.2, 0.25) is 5.91 Å². The third kappa shape index (κ3) is 2.96. The van der Waals surface area contributed by atoms with Crippen molar-refractivity contribution in [2.75, 3.05) is 39.5 Å². The number of likely N-dealkylation sites (tertiary alicyclic amines) is 1. The van der Waals surface area contributed by atoms with Crippen LogP contribution in [-0.2, 0) is 19.1 Å². The number of carbonyl (C=O) groups excluding carboxylic acids is 1. The fourth-order valence-corrected chi connectivity index (χ4v) is 3.12. The molecule has 0 unspecified atom stereocenters. The summed E-state index contributed by atoms with van der Waals surface area (Å²) in [4.78, 5) is 25.5. The molecule has 2 rings (SSSR count). The molecule has 2 fully saturated rings. The maximum atomic E-state index is 12.2. The largest absolute Gasteiger partial charge is 0.481 e. The molecule has 0 aliphatic carbocycles. The maximum absolute atomic E-state index is 12.2. The van der Waals surface area contributed by atoms with Crippen LogP contribution in [0.5, 0.6) is 0 Å². The zero-order valence-corrected chi connectivity index (χ0v) is 12.0. The molecule has 0 spiro atoms. The molecule has 2 heterocycles. The summed E-state index contributed by atoms with van der Waals surface area (Å²) in [5, 5.41) is 9.53. The predicted octanol–water partition coefficient (Wildman–Crippen LogP) is 0.753. The van der Waals surface area contributed by atoms with Gasteiger partial charge in [0.1, 0.15) is 0 Å². The normalized spacial score (nSPS) is 29.2. The van der Waals surface area contributed by atoms with E-state index in [1.54, 1.807) is 4.90 Å². The standard InChI is InChI=1S/C14H23NO5/c1-2-19-6-3-4-12(16)15-8-11-9-20-7-5-14(11,10-15)13(17)18/h11H,2-10H2,1H3,(H,17,18)/t11-,14+/m0/s1. The van der Waals surface area contributed by atoms with Gasteiger partial charge >= 0.3 is 5.97 Å². The smallest absolute Gasteiger partial charge is 0.311 e. The van der Waals surface area contributed by atoms with E-state index in [-0.39, 0.29) is 11.8 Å². The molecule has 2 atom stereocenters. The number of nitrogens with zero attached hydrogens (tertiary/aromatic N) is 1. The van der Waals surface area contributed by atoms with E-state index in [1.165, 1.54) is 0 Å². The SMILES string of the molecule is CCOCCCC(=O)N1C[C@H]2COCC[C@@]2(C(=O)O)C1. The van der Waals surface area contributed by atoms with Gasteiger partial charge in [-0.2, -0.15) is 0 Å². The van der Waals surface area contributed by atoms with E-state index in [0.717, 1.165) is 0 Å². The molecule has 20 heavy (non-hydrogen) atoms. The minimum atomic E-state index is -0.798. The van der Waals surface area contributed by atoms with Gasteiger partial charge in [-0.05, 0) is 19.8 Å². The second-order valence-electron chi connectivity index (χ2n) is 5.56. The lowest BCUT2D eigenvalue weighted by atomic mass is 9.74. The monoisotopic (exact) mass is 285 g/mol. The van der Waals surface area contributed by atoms with E-state index in [1.807, 2.05) is 6.92 Å². The number of amides is 1. The number of carboxylic acids is 1. The van der Waals surface area contributed by atoms with Crippen molar-refractivity contribution in [2.45, 2.75) is 26.2 Å². The van der Waals surface area contributed by atoms with Gasteiger partial charge < -0.3 is 19.5 Å². The molecule has 0 saturated carbocycles. The van der Waals surface area contributed by atoms with E-state index >= 15 is 0 Å². The summed E-state index contributed by atoms with van der Waals surface area (Å²) in [7, 11) is 0. The molecule has 2 aliphatic heterocycles. The summed E-state index contributed by atoms with van der Waals surface area (Å²) < 4.78 is 10.6. The molecule has 0 aromatic heterocycles.